The van der Waals surface area contributed by atoms with Gasteiger partial charge in [-0.15, -0.1) is 0 Å². The zero-order valence-electron chi connectivity index (χ0n) is 15.5. The van der Waals surface area contributed by atoms with Crippen molar-refractivity contribution in [2.45, 2.75) is 63.8 Å². The highest BCUT2D eigenvalue weighted by Crippen LogP contribution is 2.51. The van der Waals surface area contributed by atoms with Crippen molar-refractivity contribution in [2.75, 3.05) is 6.61 Å². The maximum Gasteiger partial charge on any atom is 0.345 e. The van der Waals surface area contributed by atoms with Gasteiger partial charge >= 0.3 is 5.97 Å². The minimum absolute atomic E-state index is 0.108. The van der Waals surface area contributed by atoms with Crippen LogP contribution in [0.2, 0.25) is 18.1 Å². The van der Waals surface area contributed by atoms with E-state index in [1.807, 2.05) is 30.3 Å². The molecule has 0 radical (unpaired) electrons. The number of ketones is 1. The summed E-state index contributed by atoms with van der Waals surface area (Å²) in [7, 11) is -2.34. The van der Waals surface area contributed by atoms with Crippen LogP contribution in [0.3, 0.4) is 0 Å². The number of Topliss-reactive ketones (excluding diaryl/α,β-unsaturated/α-hetero) is 1. The van der Waals surface area contributed by atoms with Crippen LogP contribution in [-0.4, -0.2) is 32.3 Å². The van der Waals surface area contributed by atoms with Gasteiger partial charge in [0.2, 0.25) is 5.60 Å². The topological polar surface area (TPSA) is 52.6 Å². The van der Waals surface area contributed by atoms with Gasteiger partial charge in [0.25, 0.3) is 0 Å². The van der Waals surface area contributed by atoms with E-state index in [0.29, 0.717) is 6.42 Å². The minimum atomic E-state index is -2.34. The van der Waals surface area contributed by atoms with Crippen molar-refractivity contribution in [1.29, 1.82) is 0 Å². The lowest BCUT2D eigenvalue weighted by Gasteiger charge is -2.51. The lowest BCUT2D eigenvalue weighted by Crippen LogP contribution is -2.67. The van der Waals surface area contributed by atoms with Crippen LogP contribution in [0.15, 0.2) is 30.3 Å². The second kappa shape index (κ2) is 6.45. The summed E-state index contributed by atoms with van der Waals surface area (Å²) in [4.78, 5) is 25.5. The third-order valence-corrected chi connectivity index (χ3v) is 9.74. The van der Waals surface area contributed by atoms with Gasteiger partial charge in [0, 0.05) is 12.3 Å². The van der Waals surface area contributed by atoms with E-state index >= 15 is 0 Å². The van der Waals surface area contributed by atoms with E-state index in [1.165, 1.54) is 0 Å². The third-order valence-electron chi connectivity index (χ3n) is 5.30. The van der Waals surface area contributed by atoms with E-state index in [0.717, 1.165) is 5.56 Å². The first kappa shape index (κ1) is 18.9. The van der Waals surface area contributed by atoms with Gasteiger partial charge in [-0.1, -0.05) is 51.1 Å². The van der Waals surface area contributed by atoms with Crippen LogP contribution in [-0.2, 0) is 18.8 Å². The number of ether oxygens (including phenoxy) is 1. The SMILES string of the molecule is CCOC(=O)[C@@]1(O[Si](C)(C)C(C)(C)C)C(=O)C[C@H]1c1ccccc1. The number of benzene rings is 1. The molecule has 24 heavy (non-hydrogen) atoms. The summed E-state index contributed by atoms with van der Waals surface area (Å²) >= 11 is 0. The summed E-state index contributed by atoms with van der Waals surface area (Å²) in [6.07, 6.45) is 0.317. The molecule has 1 aliphatic carbocycles. The Morgan fingerprint density at radius 3 is 2.29 bits per heavy atom. The first-order chi connectivity index (χ1) is 11.1. The third kappa shape index (κ3) is 3.07. The van der Waals surface area contributed by atoms with Crippen molar-refractivity contribution in [1.82, 2.24) is 0 Å². The van der Waals surface area contributed by atoms with Crippen LogP contribution < -0.4 is 0 Å². The molecule has 0 bridgehead atoms. The van der Waals surface area contributed by atoms with Gasteiger partial charge in [-0.3, -0.25) is 4.79 Å². The number of hydrogen-bond acceptors (Lipinski definition) is 4. The van der Waals surface area contributed by atoms with Crippen LogP contribution in [0.25, 0.3) is 0 Å². The van der Waals surface area contributed by atoms with Gasteiger partial charge in [0.05, 0.1) is 6.61 Å². The van der Waals surface area contributed by atoms with Crippen molar-refractivity contribution >= 4 is 20.1 Å². The zero-order valence-corrected chi connectivity index (χ0v) is 16.5. The number of carbonyl (C=O) groups excluding carboxylic acids is 2. The van der Waals surface area contributed by atoms with Crippen LogP contribution in [0.1, 0.15) is 45.6 Å². The summed E-state index contributed by atoms with van der Waals surface area (Å²) in [6.45, 7) is 12.4. The van der Waals surface area contributed by atoms with Gasteiger partial charge in [-0.05, 0) is 30.6 Å². The maximum absolute atomic E-state index is 12.8. The Labute approximate surface area is 145 Å². The highest BCUT2D eigenvalue weighted by Gasteiger charge is 2.65. The summed E-state index contributed by atoms with van der Waals surface area (Å²) in [5.41, 5.74) is -0.538. The molecule has 0 saturated heterocycles. The molecule has 5 heteroatoms. The number of carbonyl (C=O) groups is 2. The first-order valence-electron chi connectivity index (χ1n) is 8.52. The molecule has 2 atom stereocenters. The maximum atomic E-state index is 12.8. The molecule has 1 fully saturated rings. The molecule has 0 heterocycles. The minimum Gasteiger partial charge on any atom is -0.464 e. The molecule has 132 valence electrons. The molecule has 1 saturated carbocycles. The van der Waals surface area contributed by atoms with E-state index < -0.39 is 19.9 Å². The second-order valence-electron chi connectivity index (χ2n) is 7.91. The van der Waals surface area contributed by atoms with Crippen molar-refractivity contribution < 1.29 is 18.8 Å². The van der Waals surface area contributed by atoms with Gasteiger partial charge < -0.3 is 9.16 Å². The monoisotopic (exact) mass is 348 g/mol. The largest absolute Gasteiger partial charge is 0.464 e. The Bertz CT molecular complexity index is 618. The molecule has 0 spiro atoms. The fourth-order valence-electron chi connectivity index (χ4n) is 2.80. The fourth-order valence-corrected chi connectivity index (χ4v) is 4.25. The Balaban J connectivity index is 2.47. The molecule has 1 aromatic carbocycles. The number of esters is 1. The highest BCUT2D eigenvalue weighted by atomic mass is 28.4. The predicted molar refractivity (Wildman–Crippen MR) is 96.5 cm³/mol. The normalized spacial score (nSPS) is 24.4. The van der Waals surface area contributed by atoms with E-state index in [1.54, 1.807) is 6.92 Å². The quantitative estimate of drug-likeness (QED) is 0.457. The van der Waals surface area contributed by atoms with Crippen LogP contribution >= 0.6 is 0 Å². The summed E-state index contributed by atoms with van der Waals surface area (Å²) < 4.78 is 11.7. The molecule has 0 aromatic heterocycles. The molecule has 4 nitrogen and oxygen atoms in total. The van der Waals surface area contributed by atoms with Gasteiger partial charge in [-0.25, -0.2) is 4.79 Å². The van der Waals surface area contributed by atoms with E-state index in [2.05, 4.69) is 33.9 Å². The van der Waals surface area contributed by atoms with Crippen LogP contribution in [0.4, 0.5) is 0 Å². The molecule has 0 aliphatic heterocycles. The Kier molecular flexibility index (Phi) is 5.07. The molecular formula is C19H28O4Si. The zero-order chi connectivity index (χ0) is 18.2. The average molecular weight is 349 g/mol. The Morgan fingerprint density at radius 1 is 1.25 bits per heavy atom. The second-order valence-corrected chi connectivity index (χ2v) is 12.6. The van der Waals surface area contributed by atoms with Crippen molar-refractivity contribution in [3.8, 4) is 0 Å². The molecule has 1 aliphatic rings. The van der Waals surface area contributed by atoms with E-state index in [-0.39, 0.29) is 23.3 Å². The lowest BCUT2D eigenvalue weighted by atomic mass is 9.65. The first-order valence-corrected chi connectivity index (χ1v) is 11.4. The Hall–Kier alpha value is -1.46. The van der Waals surface area contributed by atoms with Crippen LogP contribution in [0, 0.1) is 0 Å². The molecule has 1 aromatic rings. The van der Waals surface area contributed by atoms with Gasteiger partial charge in [-0.2, -0.15) is 0 Å². The number of rotatable bonds is 5. The summed E-state index contributed by atoms with van der Waals surface area (Å²) in [5, 5.41) is -0.108. The average Bonchev–Trinajstić information content (AvgIpc) is 2.50. The summed E-state index contributed by atoms with van der Waals surface area (Å²) in [6, 6.07) is 9.64. The van der Waals surface area contributed by atoms with Crippen molar-refractivity contribution in [3.63, 3.8) is 0 Å². The predicted octanol–water partition coefficient (Wildman–Crippen LogP) is 4.07. The van der Waals surface area contributed by atoms with Gasteiger partial charge in [0.15, 0.2) is 14.1 Å². The highest BCUT2D eigenvalue weighted by molar-refractivity contribution is 6.74. The molecule has 2 rings (SSSR count). The van der Waals surface area contributed by atoms with Crippen molar-refractivity contribution in [2.24, 2.45) is 0 Å². The Morgan fingerprint density at radius 2 is 1.83 bits per heavy atom. The standard InChI is InChI=1S/C19H28O4Si/c1-7-22-17(21)19(23-24(5,6)18(2,3)4)15(13-16(19)20)14-11-9-8-10-12-14/h8-12,15H,7,13H2,1-6H3/t15-,19-/m0/s1. The molecule has 0 amide bonds. The molecule has 0 unspecified atom stereocenters. The molecular weight excluding hydrogens is 320 g/mol. The van der Waals surface area contributed by atoms with Gasteiger partial charge in [0.1, 0.15) is 0 Å². The lowest BCUT2D eigenvalue weighted by molar-refractivity contribution is -0.180. The fraction of sp³-hybridized carbons (Fsp3) is 0.579. The molecule has 0 N–H and O–H groups in total. The number of hydrogen-bond donors (Lipinski definition) is 0. The van der Waals surface area contributed by atoms with E-state index in [4.69, 9.17) is 9.16 Å². The van der Waals surface area contributed by atoms with E-state index in [9.17, 15) is 9.59 Å². The summed E-state index contributed by atoms with van der Waals surface area (Å²) in [5.74, 6) is -0.987. The van der Waals surface area contributed by atoms with Crippen molar-refractivity contribution in [3.05, 3.63) is 35.9 Å². The smallest absolute Gasteiger partial charge is 0.345 e. The van der Waals surface area contributed by atoms with Crippen LogP contribution in [0.5, 0.6) is 0 Å².